The summed E-state index contributed by atoms with van der Waals surface area (Å²) in [7, 11) is 0. The highest BCUT2D eigenvalue weighted by Crippen LogP contribution is 2.62. The van der Waals surface area contributed by atoms with Gasteiger partial charge in [0.15, 0.2) is 6.29 Å². The molecule has 0 aromatic carbocycles. The maximum atomic E-state index is 11.5. The van der Waals surface area contributed by atoms with Gasteiger partial charge in [-0.05, 0) is 54.2 Å². The number of carbonyl (C=O) groups is 1. The van der Waals surface area contributed by atoms with Crippen LogP contribution in [0.25, 0.3) is 0 Å². The minimum Gasteiger partial charge on any atom is -0.508 e. The summed E-state index contributed by atoms with van der Waals surface area (Å²) in [4.78, 5) is 11.5. The molecule has 0 amide bonds. The number of aliphatic hydroxyl groups is 4. The second-order valence-corrected chi connectivity index (χ2v) is 11.4. The molecule has 0 unspecified atom stereocenters. The Labute approximate surface area is 207 Å². The fraction of sp³-hybridized carbons (Fsp3) is 0.741. The average molecular weight is 493 g/mol. The fourth-order valence-corrected chi connectivity index (χ4v) is 6.27. The van der Waals surface area contributed by atoms with E-state index in [-0.39, 0.29) is 30.8 Å². The first-order chi connectivity index (χ1) is 16.4. The molecule has 196 valence electrons. The van der Waals surface area contributed by atoms with Crippen LogP contribution in [0.5, 0.6) is 0 Å². The third kappa shape index (κ3) is 4.71. The number of carbonyl (C=O) groups excluding carboxylic acids is 1. The molecule has 7 atom stereocenters. The number of hydrogen-bond acceptors (Lipinski definition) is 8. The number of hydrogen-bond donors (Lipinski definition) is 4. The maximum Gasteiger partial charge on any atom is 0.302 e. The minimum atomic E-state index is -1.42. The number of fused-ring (bicyclic) bond motifs is 3. The van der Waals surface area contributed by atoms with Crippen LogP contribution in [0.2, 0.25) is 0 Å². The molecule has 1 saturated heterocycles. The lowest BCUT2D eigenvalue weighted by Gasteiger charge is -2.50. The summed E-state index contributed by atoms with van der Waals surface area (Å²) >= 11 is 0. The van der Waals surface area contributed by atoms with Crippen LogP contribution in [0, 0.1) is 16.7 Å². The Morgan fingerprint density at radius 2 is 1.89 bits per heavy atom. The van der Waals surface area contributed by atoms with Crippen molar-refractivity contribution in [2.24, 2.45) is 16.7 Å². The Balaban J connectivity index is 1.78. The van der Waals surface area contributed by atoms with Gasteiger partial charge in [0.25, 0.3) is 0 Å². The number of aliphatic hydroxyl groups excluding tert-OH is 4. The van der Waals surface area contributed by atoms with Gasteiger partial charge in [0, 0.05) is 24.3 Å². The highest BCUT2D eigenvalue weighted by molar-refractivity contribution is 5.66. The molecule has 8 heteroatoms. The Hall–Kier alpha value is -1.71. The number of esters is 1. The predicted octanol–water partition coefficient (Wildman–Crippen LogP) is 3.07. The van der Waals surface area contributed by atoms with E-state index in [0.717, 1.165) is 31.3 Å². The van der Waals surface area contributed by atoms with Crippen molar-refractivity contribution in [2.45, 2.75) is 97.4 Å². The first kappa shape index (κ1) is 26.4. The minimum absolute atomic E-state index is 0.0112. The van der Waals surface area contributed by atoms with Crippen LogP contribution < -0.4 is 0 Å². The van der Waals surface area contributed by atoms with E-state index in [1.165, 1.54) is 18.1 Å². The molecule has 2 fully saturated rings. The highest BCUT2D eigenvalue weighted by Gasteiger charge is 2.54. The van der Waals surface area contributed by atoms with Crippen molar-refractivity contribution in [3.8, 4) is 0 Å². The number of ether oxygens (including phenoxy) is 3. The van der Waals surface area contributed by atoms with Crippen LogP contribution in [0.15, 0.2) is 34.1 Å². The smallest absolute Gasteiger partial charge is 0.302 e. The summed E-state index contributed by atoms with van der Waals surface area (Å²) in [5.41, 5.74) is 3.74. The standard InChI is InChI=1S/C27H40O8/c1-14(2)17-6-7-26(4)8-9-27(5)18(22(17)26)11-19(29)16(12-33-15(3)28)10-21(27)35-25-24(32)23(31)20(30)13-34-25/h11,14,20-21,23-25,29-32H,6-10,12-13H2,1-5H3/t20-,21+,23+,24-,25+,26-,27-/m1/s1. The van der Waals surface area contributed by atoms with Crippen molar-refractivity contribution in [1.29, 1.82) is 0 Å². The number of rotatable bonds is 5. The van der Waals surface area contributed by atoms with Crippen LogP contribution in [0.3, 0.4) is 0 Å². The Kier molecular flexibility index (Phi) is 7.25. The molecule has 0 radical (unpaired) electrons. The van der Waals surface area contributed by atoms with Crippen molar-refractivity contribution in [2.75, 3.05) is 13.2 Å². The van der Waals surface area contributed by atoms with E-state index in [4.69, 9.17) is 14.2 Å². The van der Waals surface area contributed by atoms with E-state index in [2.05, 4.69) is 27.7 Å². The van der Waals surface area contributed by atoms with E-state index >= 15 is 0 Å². The first-order valence-corrected chi connectivity index (χ1v) is 12.7. The molecule has 0 bridgehead atoms. The summed E-state index contributed by atoms with van der Waals surface area (Å²) in [6.07, 6.45) is 0.278. The zero-order valence-electron chi connectivity index (χ0n) is 21.4. The van der Waals surface area contributed by atoms with Gasteiger partial charge in [-0.25, -0.2) is 0 Å². The first-order valence-electron chi connectivity index (χ1n) is 12.7. The summed E-state index contributed by atoms with van der Waals surface area (Å²) in [6, 6.07) is 0. The Morgan fingerprint density at radius 3 is 2.54 bits per heavy atom. The molecule has 0 spiro atoms. The lowest BCUT2D eigenvalue weighted by molar-refractivity contribution is -0.291. The summed E-state index contributed by atoms with van der Waals surface area (Å²) in [5.74, 6) is -0.00465. The molecule has 4 aliphatic rings. The van der Waals surface area contributed by atoms with Gasteiger partial charge in [-0.2, -0.15) is 0 Å². The largest absolute Gasteiger partial charge is 0.508 e. The van der Waals surface area contributed by atoms with Crippen LogP contribution in [-0.4, -0.2) is 70.3 Å². The van der Waals surface area contributed by atoms with E-state index in [0.29, 0.717) is 11.5 Å². The second kappa shape index (κ2) is 9.63. The van der Waals surface area contributed by atoms with Crippen LogP contribution in [-0.2, 0) is 19.0 Å². The van der Waals surface area contributed by atoms with E-state index < -0.39 is 42.1 Å². The normalized spacial score (nSPS) is 39.8. The second-order valence-electron chi connectivity index (χ2n) is 11.4. The molecule has 4 N–H and O–H groups in total. The highest BCUT2D eigenvalue weighted by atomic mass is 16.7. The monoisotopic (exact) mass is 492 g/mol. The van der Waals surface area contributed by atoms with Crippen molar-refractivity contribution >= 4 is 5.97 Å². The topological polar surface area (TPSA) is 126 Å². The zero-order chi connectivity index (χ0) is 25.7. The van der Waals surface area contributed by atoms with Gasteiger partial charge in [-0.3, -0.25) is 4.79 Å². The third-order valence-electron chi connectivity index (χ3n) is 8.64. The third-order valence-corrected chi connectivity index (χ3v) is 8.64. The average Bonchev–Trinajstić information content (AvgIpc) is 3.10. The molecule has 0 aromatic rings. The van der Waals surface area contributed by atoms with Gasteiger partial charge < -0.3 is 34.6 Å². The van der Waals surface area contributed by atoms with E-state index in [1.807, 2.05) is 6.08 Å². The van der Waals surface area contributed by atoms with Crippen molar-refractivity contribution in [3.05, 3.63) is 34.1 Å². The molecule has 8 nitrogen and oxygen atoms in total. The van der Waals surface area contributed by atoms with Crippen molar-refractivity contribution in [1.82, 2.24) is 0 Å². The van der Waals surface area contributed by atoms with Gasteiger partial charge >= 0.3 is 5.97 Å². The van der Waals surface area contributed by atoms with Crippen molar-refractivity contribution < 1.29 is 39.4 Å². The van der Waals surface area contributed by atoms with E-state index in [9.17, 15) is 25.2 Å². The number of allylic oxidation sites excluding steroid dienone is 3. The molecule has 3 aliphatic carbocycles. The lowest BCUT2D eigenvalue weighted by Crippen LogP contribution is -2.56. The van der Waals surface area contributed by atoms with Crippen LogP contribution >= 0.6 is 0 Å². The molecule has 35 heavy (non-hydrogen) atoms. The van der Waals surface area contributed by atoms with Gasteiger partial charge in [0.1, 0.15) is 30.7 Å². The van der Waals surface area contributed by atoms with Gasteiger partial charge in [0.05, 0.1) is 12.7 Å². The molecular weight excluding hydrogens is 452 g/mol. The van der Waals surface area contributed by atoms with Crippen LogP contribution in [0.4, 0.5) is 0 Å². The summed E-state index contributed by atoms with van der Waals surface area (Å²) in [5, 5.41) is 41.8. The fourth-order valence-electron chi connectivity index (χ4n) is 6.27. The van der Waals surface area contributed by atoms with Crippen LogP contribution in [0.1, 0.15) is 66.7 Å². The van der Waals surface area contributed by atoms with Gasteiger partial charge in [-0.15, -0.1) is 0 Å². The lowest BCUT2D eigenvalue weighted by atomic mass is 9.57. The molecule has 1 heterocycles. The molecular formula is C27H40O8. The van der Waals surface area contributed by atoms with Gasteiger partial charge in [0.2, 0.25) is 0 Å². The SMILES string of the molecule is CC(=O)OCC1=C(O)C=C2C3=C(C(C)C)CC[C@]3(C)CC[C@@]2(C)[C@@H](O[C@@H]2OC[C@@H](O)[C@H](O)[C@H]2O)C1. The molecule has 1 aliphatic heterocycles. The molecule has 0 aromatic heterocycles. The quantitative estimate of drug-likeness (QED) is 0.432. The van der Waals surface area contributed by atoms with Gasteiger partial charge in [-0.1, -0.05) is 33.3 Å². The Morgan fingerprint density at radius 1 is 1.17 bits per heavy atom. The Bertz CT molecular complexity index is 949. The zero-order valence-corrected chi connectivity index (χ0v) is 21.4. The predicted molar refractivity (Wildman–Crippen MR) is 128 cm³/mol. The molecule has 4 rings (SSSR count). The maximum absolute atomic E-state index is 11.5. The summed E-state index contributed by atoms with van der Waals surface area (Å²) in [6.45, 7) is 9.92. The van der Waals surface area contributed by atoms with E-state index in [1.54, 1.807) is 0 Å². The summed E-state index contributed by atoms with van der Waals surface area (Å²) < 4.78 is 17.2. The van der Waals surface area contributed by atoms with Crippen molar-refractivity contribution in [3.63, 3.8) is 0 Å². The molecule has 1 saturated carbocycles.